The zero-order valence-electron chi connectivity index (χ0n) is 13.1. The van der Waals surface area contributed by atoms with Gasteiger partial charge in [0.25, 0.3) is 0 Å². The monoisotopic (exact) mass is 336 g/mol. The first-order chi connectivity index (χ1) is 11.7. The normalized spacial score (nSPS) is 10.4. The Balaban J connectivity index is 1.57. The van der Waals surface area contributed by atoms with Crippen molar-refractivity contribution in [2.45, 2.75) is 11.9 Å². The van der Waals surface area contributed by atoms with Gasteiger partial charge in [0.15, 0.2) is 0 Å². The zero-order chi connectivity index (χ0) is 16.8. The number of carbonyl (C=O) groups excluding carboxylic acids is 1. The summed E-state index contributed by atoms with van der Waals surface area (Å²) >= 11 is 1.36. The van der Waals surface area contributed by atoms with Crippen LogP contribution >= 0.6 is 11.8 Å². The minimum atomic E-state index is -0.0626. The maximum Gasteiger partial charge on any atom is 0.234 e. The molecule has 6 heteroatoms. The molecule has 0 aliphatic carbocycles. The minimum Gasteiger partial charge on any atom is -0.325 e. The lowest BCUT2D eigenvalue weighted by Crippen LogP contribution is -2.14. The molecule has 0 aliphatic heterocycles. The topological polar surface area (TPSA) is 67.8 Å². The fourth-order valence-corrected chi connectivity index (χ4v) is 2.72. The van der Waals surface area contributed by atoms with Crippen molar-refractivity contribution in [2.24, 2.45) is 0 Å². The van der Waals surface area contributed by atoms with Crippen molar-refractivity contribution >= 4 is 23.4 Å². The molecule has 0 saturated heterocycles. The predicted molar refractivity (Wildman–Crippen MR) is 95.8 cm³/mol. The van der Waals surface area contributed by atoms with E-state index in [1.165, 1.54) is 11.8 Å². The third-order valence-corrected chi connectivity index (χ3v) is 4.29. The summed E-state index contributed by atoms with van der Waals surface area (Å²) in [5, 5.41) is 12.0. The van der Waals surface area contributed by atoms with E-state index in [1.807, 2.05) is 55.5 Å². The number of carbonyl (C=O) groups is 1. The first kappa shape index (κ1) is 16.1. The first-order valence-corrected chi connectivity index (χ1v) is 8.43. The molecule has 1 amide bonds. The highest BCUT2D eigenvalue weighted by molar-refractivity contribution is 7.99. The number of anilines is 1. The van der Waals surface area contributed by atoms with Crippen molar-refractivity contribution in [2.75, 3.05) is 11.1 Å². The van der Waals surface area contributed by atoms with Crippen molar-refractivity contribution in [3.63, 3.8) is 0 Å². The average molecular weight is 336 g/mol. The van der Waals surface area contributed by atoms with Crippen molar-refractivity contribution in [3.8, 4) is 11.3 Å². The fraction of sp³-hybridized carbons (Fsp3) is 0.111. The molecule has 0 aliphatic rings. The van der Waals surface area contributed by atoms with Gasteiger partial charge in [0.05, 0.1) is 11.4 Å². The van der Waals surface area contributed by atoms with Gasteiger partial charge in [0, 0.05) is 23.6 Å². The Hall–Kier alpha value is -2.73. The highest BCUT2D eigenvalue weighted by atomic mass is 32.2. The number of hydrogen-bond acceptors (Lipinski definition) is 5. The lowest BCUT2D eigenvalue weighted by Gasteiger charge is -2.07. The van der Waals surface area contributed by atoms with Crippen LogP contribution in [0.15, 0.2) is 66.0 Å². The van der Waals surface area contributed by atoms with Gasteiger partial charge in [-0.15, -0.1) is 10.2 Å². The van der Waals surface area contributed by atoms with E-state index in [-0.39, 0.29) is 11.7 Å². The van der Waals surface area contributed by atoms with Crippen LogP contribution in [0, 0.1) is 6.92 Å². The molecule has 0 bridgehead atoms. The number of pyridine rings is 1. The van der Waals surface area contributed by atoms with Crippen molar-refractivity contribution in [1.82, 2.24) is 15.2 Å². The molecule has 3 rings (SSSR count). The number of hydrogen-bond donors (Lipinski definition) is 1. The molecule has 0 spiro atoms. The average Bonchev–Trinajstić information content (AvgIpc) is 2.63. The number of aryl methyl sites for hydroxylation is 1. The summed E-state index contributed by atoms with van der Waals surface area (Å²) in [4.78, 5) is 16.1. The summed E-state index contributed by atoms with van der Waals surface area (Å²) < 4.78 is 0. The van der Waals surface area contributed by atoms with Crippen LogP contribution in [0.25, 0.3) is 11.3 Å². The maximum absolute atomic E-state index is 12.0. The third-order valence-electron chi connectivity index (χ3n) is 3.37. The second-order valence-corrected chi connectivity index (χ2v) is 6.15. The Bertz CT molecular complexity index is 822. The summed E-state index contributed by atoms with van der Waals surface area (Å²) in [7, 11) is 0. The van der Waals surface area contributed by atoms with Gasteiger partial charge in [0.2, 0.25) is 5.91 Å². The molecule has 2 heterocycles. The third kappa shape index (κ3) is 4.17. The Morgan fingerprint density at radius 3 is 2.67 bits per heavy atom. The van der Waals surface area contributed by atoms with Gasteiger partial charge in [-0.1, -0.05) is 30.0 Å². The van der Waals surface area contributed by atoms with Crippen molar-refractivity contribution < 1.29 is 4.79 Å². The van der Waals surface area contributed by atoms with Gasteiger partial charge < -0.3 is 5.32 Å². The SMILES string of the molecule is Cc1ccccc1NC(=O)CSc1ccc(-c2cccnc2)nn1. The number of para-hydroxylation sites is 1. The second kappa shape index (κ2) is 7.70. The molecule has 0 fully saturated rings. The number of benzene rings is 1. The van der Waals surface area contributed by atoms with Gasteiger partial charge >= 0.3 is 0 Å². The summed E-state index contributed by atoms with van der Waals surface area (Å²) in [6, 6.07) is 15.2. The summed E-state index contributed by atoms with van der Waals surface area (Å²) in [5.41, 5.74) is 3.55. The molecule has 120 valence electrons. The van der Waals surface area contributed by atoms with Crippen molar-refractivity contribution in [3.05, 3.63) is 66.5 Å². The highest BCUT2D eigenvalue weighted by Gasteiger charge is 2.07. The molecule has 1 aromatic carbocycles. The van der Waals surface area contributed by atoms with E-state index >= 15 is 0 Å². The Morgan fingerprint density at radius 2 is 1.96 bits per heavy atom. The maximum atomic E-state index is 12.0. The fourth-order valence-electron chi connectivity index (χ4n) is 2.10. The van der Waals surface area contributed by atoms with Crippen LogP contribution in [-0.2, 0) is 4.79 Å². The number of nitrogens with one attached hydrogen (secondary N) is 1. The quantitative estimate of drug-likeness (QED) is 0.721. The standard InChI is InChI=1S/C18H16N4OS/c1-13-5-2-3-7-15(13)20-17(23)12-24-18-9-8-16(21-22-18)14-6-4-10-19-11-14/h2-11H,12H2,1H3,(H,20,23). The molecule has 0 atom stereocenters. The van der Waals surface area contributed by atoms with E-state index < -0.39 is 0 Å². The molecule has 0 radical (unpaired) electrons. The highest BCUT2D eigenvalue weighted by Crippen LogP contribution is 2.20. The molecular formula is C18H16N4OS. The first-order valence-electron chi connectivity index (χ1n) is 7.45. The molecule has 5 nitrogen and oxygen atoms in total. The Kier molecular flexibility index (Phi) is 5.18. The zero-order valence-corrected chi connectivity index (χ0v) is 14.0. The molecule has 1 N–H and O–H groups in total. The van der Waals surface area contributed by atoms with Crippen LogP contribution in [0.2, 0.25) is 0 Å². The second-order valence-electron chi connectivity index (χ2n) is 5.15. The summed E-state index contributed by atoms with van der Waals surface area (Å²) in [6.45, 7) is 1.96. The molecule has 0 saturated carbocycles. The minimum absolute atomic E-state index is 0.0626. The molecule has 2 aromatic heterocycles. The van der Waals surface area contributed by atoms with Crippen LogP contribution in [0.1, 0.15) is 5.56 Å². The van der Waals surface area contributed by atoms with Gasteiger partial charge in [0.1, 0.15) is 5.03 Å². The van der Waals surface area contributed by atoms with E-state index in [0.29, 0.717) is 5.03 Å². The van der Waals surface area contributed by atoms with Crippen LogP contribution in [0.3, 0.4) is 0 Å². The van der Waals surface area contributed by atoms with Gasteiger partial charge in [-0.05, 0) is 42.8 Å². The number of amides is 1. The van der Waals surface area contributed by atoms with Gasteiger partial charge in [-0.3, -0.25) is 9.78 Å². The Morgan fingerprint density at radius 1 is 1.08 bits per heavy atom. The molecule has 3 aromatic rings. The lowest BCUT2D eigenvalue weighted by atomic mass is 10.2. The van der Waals surface area contributed by atoms with Gasteiger partial charge in [-0.25, -0.2) is 0 Å². The number of rotatable bonds is 5. The summed E-state index contributed by atoms with van der Waals surface area (Å²) in [5.74, 6) is 0.224. The number of nitrogens with zero attached hydrogens (tertiary/aromatic N) is 3. The van der Waals surface area contributed by atoms with Crippen molar-refractivity contribution in [1.29, 1.82) is 0 Å². The van der Waals surface area contributed by atoms with E-state index in [0.717, 1.165) is 22.5 Å². The molecular weight excluding hydrogens is 320 g/mol. The largest absolute Gasteiger partial charge is 0.325 e. The number of thioether (sulfide) groups is 1. The van der Waals surface area contributed by atoms with Gasteiger partial charge in [-0.2, -0.15) is 0 Å². The summed E-state index contributed by atoms with van der Waals surface area (Å²) in [6.07, 6.45) is 3.46. The van der Waals surface area contributed by atoms with Crippen LogP contribution in [-0.4, -0.2) is 26.8 Å². The molecule has 0 unspecified atom stereocenters. The van der Waals surface area contributed by atoms with E-state index in [4.69, 9.17) is 0 Å². The van der Waals surface area contributed by atoms with Crippen LogP contribution in [0.5, 0.6) is 0 Å². The van der Waals surface area contributed by atoms with Crippen LogP contribution in [0.4, 0.5) is 5.69 Å². The number of aromatic nitrogens is 3. The van der Waals surface area contributed by atoms with E-state index in [9.17, 15) is 4.79 Å². The smallest absolute Gasteiger partial charge is 0.234 e. The molecule has 24 heavy (non-hydrogen) atoms. The van der Waals surface area contributed by atoms with E-state index in [1.54, 1.807) is 12.4 Å². The van der Waals surface area contributed by atoms with E-state index in [2.05, 4.69) is 20.5 Å². The van der Waals surface area contributed by atoms with Crippen LogP contribution < -0.4 is 5.32 Å². The predicted octanol–water partition coefficient (Wildman–Crippen LogP) is 3.58. The lowest BCUT2D eigenvalue weighted by molar-refractivity contribution is -0.113. The Labute approximate surface area is 144 Å².